The molecule has 1 rings (SSSR count). The van der Waals surface area contributed by atoms with Gasteiger partial charge in [0.15, 0.2) is 0 Å². The minimum absolute atomic E-state index is 0.137. The van der Waals surface area contributed by atoms with Crippen LogP contribution in [0.5, 0.6) is 0 Å². The highest BCUT2D eigenvalue weighted by Crippen LogP contribution is 2.31. The average molecular weight is 268 g/mol. The third-order valence-corrected chi connectivity index (χ3v) is 4.50. The summed E-state index contributed by atoms with van der Waals surface area (Å²) in [4.78, 5) is 2.37. The van der Waals surface area contributed by atoms with Gasteiger partial charge >= 0.3 is 0 Å². The molecule has 0 aliphatic carbocycles. The first-order valence-electron chi connectivity index (χ1n) is 7.86. The smallest absolute Gasteiger partial charge is 0.111 e. The molecule has 0 amide bonds. The fraction of sp³-hybridized carbons (Fsp3) is 0.875. The summed E-state index contributed by atoms with van der Waals surface area (Å²) in [5.74, 6) is 1.16. The Balaban J connectivity index is 3.01. The van der Waals surface area contributed by atoms with Gasteiger partial charge in [0.05, 0.1) is 12.6 Å². The van der Waals surface area contributed by atoms with Crippen molar-refractivity contribution in [2.75, 3.05) is 27.2 Å². The van der Waals surface area contributed by atoms with Crippen LogP contribution in [0.2, 0.25) is 0 Å². The lowest BCUT2D eigenvalue weighted by Gasteiger charge is -2.46. The molecule has 0 aromatic rings. The van der Waals surface area contributed by atoms with Crippen LogP contribution in [0.25, 0.3) is 0 Å². The molecular formula is C16H32N2O. The van der Waals surface area contributed by atoms with Crippen LogP contribution in [-0.4, -0.2) is 43.7 Å². The van der Waals surface area contributed by atoms with Gasteiger partial charge in [0.1, 0.15) is 5.76 Å². The molecule has 1 N–H and O–H groups in total. The number of hydrogen-bond donors (Lipinski definition) is 1. The van der Waals surface area contributed by atoms with Gasteiger partial charge in [0.2, 0.25) is 0 Å². The van der Waals surface area contributed by atoms with Gasteiger partial charge in [-0.05, 0) is 58.8 Å². The molecule has 0 aromatic heterocycles. The van der Waals surface area contributed by atoms with Crippen molar-refractivity contribution in [2.24, 2.45) is 0 Å². The predicted molar refractivity (Wildman–Crippen MR) is 82.4 cm³/mol. The third-order valence-electron chi connectivity index (χ3n) is 4.50. The Labute approximate surface area is 119 Å². The zero-order valence-electron chi connectivity index (χ0n) is 13.5. The fourth-order valence-corrected chi connectivity index (χ4v) is 3.17. The summed E-state index contributed by atoms with van der Waals surface area (Å²) in [6.07, 6.45) is 7.99. The molecule has 1 aliphatic heterocycles. The lowest BCUT2D eigenvalue weighted by molar-refractivity contribution is 0.0604. The molecule has 0 saturated carbocycles. The van der Waals surface area contributed by atoms with Crippen molar-refractivity contribution in [3.63, 3.8) is 0 Å². The quantitative estimate of drug-likeness (QED) is 0.732. The van der Waals surface area contributed by atoms with Crippen LogP contribution < -0.4 is 5.32 Å². The monoisotopic (exact) mass is 268 g/mol. The van der Waals surface area contributed by atoms with Crippen LogP contribution >= 0.6 is 0 Å². The summed E-state index contributed by atoms with van der Waals surface area (Å²) >= 11 is 0. The second kappa shape index (κ2) is 7.91. The van der Waals surface area contributed by atoms with Crippen molar-refractivity contribution in [2.45, 2.75) is 64.5 Å². The molecule has 0 saturated heterocycles. The van der Waals surface area contributed by atoms with Crippen molar-refractivity contribution in [1.82, 2.24) is 10.2 Å². The minimum Gasteiger partial charge on any atom is -0.497 e. The normalized spacial score (nSPS) is 18.1. The van der Waals surface area contributed by atoms with Gasteiger partial charge in [-0.15, -0.1) is 0 Å². The average Bonchev–Trinajstić information content (AvgIpc) is 2.44. The molecule has 0 fully saturated rings. The van der Waals surface area contributed by atoms with Gasteiger partial charge in [-0.3, -0.25) is 0 Å². The standard InChI is InChI=1S/C16H32N2O/c1-6-12-17-15(14-11-9-10-13-19-14)16(7-2,8-3)18(4)5/h11,15,17H,6-10,12-13H2,1-5H3. The Morgan fingerprint density at radius 2 is 2.00 bits per heavy atom. The molecule has 112 valence electrons. The van der Waals surface area contributed by atoms with Gasteiger partial charge in [0.25, 0.3) is 0 Å². The van der Waals surface area contributed by atoms with E-state index in [0.717, 1.165) is 51.0 Å². The maximum Gasteiger partial charge on any atom is 0.111 e. The molecule has 1 unspecified atom stereocenters. The first kappa shape index (κ1) is 16.5. The molecule has 3 nitrogen and oxygen atoms in total. The fourth-order valence-electron chi connectivity index (χ4n) is 3.17. The molecule has 0 aromatic carbocycles. The number of nitrogens with one attached hydrogen (secondary N) is 1. The van der Waals surface area contributed by atoms with Crippen LogP contribution in [0.1, 0.15) is 52.9 Å². The molecule has 0 radical (unpaired) electrons. The number of rotatable bonds is 8. The zero-order valence-corrected chi connectivity index (χ0v) is 13.5. The van der Waals surface area contributed by atoms with Crippen molar-refractivity contribution in [1.29, 1.82) is 0 Å². The Bertz CT molecular complexity index is 282. The van der Waals surface area contributed by atoms with Crippen LogP contribution in [0, 0.1) is 0 Å². The molecular weight excluding hydrogens is 236 g/mol. The van der Waals surface area contributed by atoms with E-state index in [1.54, 1.807) is 0 Å². The summed E-state index contributed by atoms with van der Waals surface area (Å²) in [7, 11) is 4.38. The highest BCUT2D eigenvalue weighted by Gasteiger charge is 2.40. The molecule has 19 heavy (non-hydrogen) atoms. The third kappa shape index (κ3) is 3.73. The minimum atomic E-state index is 0.137. The number of allylic oxidation sites excluding steroid dienone is 1. The molecule has 3 heteroatoms. The van der Waals surface area contributed by atoms with Crippen LogP contribution in [0.4, 0.5) is 0 Å². The van der Waals surface area contributed by atoms with Crippen molar-refractivity contribution < 1.29 is 4.74 Å². The topological polar surface area (TPSA) is 24.5 Å². The molecule has 1 aliphatic rings. The lowest BCUT2D eigenvalue weighted by Crippen LogP contribution is -2.59. The van der Waals surface area contributed by atoms with E-state index in [0.29, 0.717) is 6.04 Å². The van der Waals surface area contributed by atoms with Crippen LogP contribution in [-0.2, 0) is 4.74 Å². The Kier molecular flexibility index (Phi) is 6.87. The number of likely N-dealkylation sites (N-methyl/N-ethyl adjacent to an activating group) is 1. The highest BCUT2D eigenvalue weighted by molar-refractivity contribution is 5.15. The summed E-state index contributed by atoms with van der Waals surface area (Å²) in [5.41, 5.74) is 0.137. The molecule has 1 atom stereocenters. The van der Waals surface area contributed by atoms with Crippen molar-refractivity contribution in [3.05, 3.63) is 11.8 Å². The first-order valence-corrected chi connectivity index (χ1v) is 7.86. The molecule has 1 heterocycles. The van der Waals surface area contributed by atoms with E-state index in [4.69, 9.17) is 4.74 Å². The van der Waals surface area contributed by atoms with E-state index in [2.05, 4.69) is 51.2 Å². The predicted octanol–water partition coefficient (Wildman–Crippen LogP) is 3.17. The second-order valence-electron chi connectivity index (χ2n) is 5.69. The van der Waals surface area contributed by atoms with E-state index in [1.165, 1.54) is 0 Å². The van der Waals surface area contributed by atoms with Gasteiger partial charge in [-0.2, -0.15) is 0 Å². The molecule has 0 bridgehead atoms. The van der Waals surface area contributed by atoms with Gasteiger partial charge in [-0.1, -0.05) is 20.8 Å². The Morgan fingerprint density at radius 3 is 2.42 bits per heavy atom. The SMILES string of the molecule is CCCNC(C1=CCCCO1)C(CC)(CC)N(C)C. The van der Waals surface area contributed by atoms with Gasteiger partial charge in [-0.25, -0.2) is 0 Å². The highest BCUT2D eigenvalue weighted by atomic mass is 16.5. The number of hydrogen-bond acceptors (Lipinski definition) is 3. The van der Waals surface area contributed by atoms with E-state index in [1.807, 2.05) is 0 Å². The summed E-state index contributed by atoms with van der Waals surface area (Å²) < 4.78 is 5.97. The van der Waals surface area contributed by atoms with Crippen molar-refractivity contribution in [3.8, 4) is 0 Å². The summed E-state index contributed by atoms with van der Waals surface area (Å²) in [6.45, 7) is 8.70. The van der Waals surface area contributed by atoms with E-state index >= 15 is 0 Å². The maximum atomic E-state index is 5.97. The zero-order chi connectivity index (χ0) is 14.3. The maximum absolute atomic E-state index is 5.97. The second-order valence-corrected chi connectivity index (χ2v) is 5.69. The van der Waals surface area contributed by atoms with Gasteiger partial charge < -0.3 is 15.0 Å². The number of ether oxygens (including phenoxy) is 1. The van der Waals surface area contributed by atoms with Crippen LogP contribution in [0.15, 0.2) is 11.8 Å². The Morgan fingerprint density at radius 1 is 1.32 bits per heavy atom. The van der Waals surface area contributed by atoms with Crippen molar-refractivity contribution >= 4 is 0 Å². The Hall–Kier alpha value is -0.540. The van der Waals surface area contributed by atoms with Gasteiger partial charge in [0, 0.05) is 5.54 Å². The largest absolute Gasteiger partial charge is 0.497 e. The first-order chi connectivity index (χ1) is 9.12. The van der Waals surface area contributed by atoms with E-state index in [9.17, 15) is 0 Å². The molecule has 0 spiro atoms. The number of nitrogens with zero attached hydrogens (tertiary/aromatic N) is 1. The summed E-state index contributed by atoms with van der Waals surface area (Å²) in [5, 5.41) is 3.73. The lowest BCUT2D eigenvalue weighted by atomic mass is 9.81. The van der Waals surface area contributed by atoms with Crippen LogP contribution in [0.3, 0.4) is 0 Å². The summed E-state index contributed by atoms with van der Waals surface area (Å²) in [6, 6.07) is 0.303. The van der Waals surface area contributed by atoms with E-state index < -0.39 is 0 Å². The van der Waals surface area contributed by atoms with E-state index in [-0.39, 0.29) is 5.54 Å².